The summed E-state index contributed by atoms with van der Waals surface area (Å²) in [6.07, 6.45) is -1.19. The zero-order chi connectivity index (χ0) is 19.0. The van der Waals surface area contributed by atoms with E-state index in [1.165, 1.54) is 22.9 Å². The van der Waals surface area contributed by atoms with Crippen LogP contribution in [0.2, 0.25) is 5.02 Å². The van der Waals surface area contributed by atoms with E-state index >= 15 is 0 Å². The Labute approximate surface area is 152 Å². The molecule has 1 amide bonds. The van der Waals surface area contributed by atoms with Crippen molar-refractivity contribution in [1.82, 2.24) is 9.78 Å². The van der Waals surface area contributed by atoms with Crippen molar-refractivity contribution in [1.29, 1.82) is 0 Å². The summed E-state index contributed by atoms with van der Waals surface area (Å²) in [5.74, 6) is -0.444. The molecule has 1 heterocycles. The summed E-state index contributed by atoms with van der Waals surface area (Å²) in [7, 11) is 0. The predicted octanol–water partition coefficient (Wildman–Crippen LogP) is 4.21. The lowest BCUT2D eigenvalue weighted by molar-refractivity contribution is -0.384. The number of non-ortho nitro benzene ring substituents is 1. The number of nitro benzene ring substituents is 1. The van der Waals surface area contributed by atoms with Gasteiger partial charge in [0.15, 0.2) is 0 Å². The number of benzene rings is 1. The second-order valence-corrected chi connectivity index (χ2v) is 6.50. The number of aryl methyl sites for hydroxylation is 1. The third-order valence-electron chi connectivity index (χ3n) is 4.12. The standard InChI is InChI=1S/C16H15ClF2N4O3/c1-8-6-10(23(25)26)4-5-11(8)20-12(24)7-22-15(9-2-3-9)13(17)14(21-22)16(18)19/h4-6,9,16H,2-3,7H2,1H3,(H,20,24). The van der Waals surface area contributed by atoms with E-state index in [4.69, 9.17) is 11.6 Å². The van der Waals surface area contributed by atoms with Crippen LogP contribution in [0.25, 0.3) is 0 Å². The third kappa shape index (κ3) is 3.67. The van der Waals surface area contributed by atoms with Gasteiger partial charge in [-0.25, -0.2) is 8.78 Å². The van der Waals surface area contributed by atoms with Gasteiger partial charge in [0.05, 0.1) is 15.6 Å². The molecule has 138 valence electrons. The number of rotatable bonds is 6. The molecule has 1 saturated carbocycles. The second-order valence-electron chi connectivity index (χ2n) is 6.12. The molecule has 1 N–H and O–H groups in total. The highest BCUT2D eigenvalue weighted by atomic mass is 35.5. The van der Waals surface area contributed by atoms with Crippen LogP contribution in [0.15, 0.2) is 18.2 Å². The van der Waals surface area contributed by atoms with E-state index in [1.807, 2.05) is 0 Å². The molecule has 3 rings (SSSR count). The van der Waals surface area contributed by atoms with Crippen LogP contribution in [0.4, 0.5) is 20.2 Å². The third-order valence-corrected chi connectivity index (χ3v) is 4.50. The summed E-state index contributed by atoms with van der Waals surface area (Å²) in [4.78, 5) is 22.5. The number of carbonyl (C=O) groups excluding carboxylic acids is 1. The van der Waals surface area contributed by atoms with E-state index in [9.17, 15) is 23.7 Å². The second kappa shape index (κ2) is 6.99. The molecule has 1 aromatic carbocycles. The van der Waals surface area contributed by atoms with Gasteiger partial charge in [-0.2, -0.15) is 5.10 Å². The van der Waals surface area contributed by atoms with Gasteiger partial charge in [0.25, 0.3) is 12.1 Å². The highest BCUT2D eigenvalue weighted by molar-refractivity contribution is 6.32. The lowest BCUT2D eigenvalue weighted by atomic mass is 10.2. The first-order chi connectivity index (χ1) is 12.3. The van der Waals surface area contributed by atoms with Gasteiger partial charge in [-0.05, 0) is 31.4 Å². The number of nitrogens with zero attached hydrogens (tertiary/aromatic N) is 3. The smallest absolute Gasteiger partial charge is 0.283 e. The molecular formula is C16H15ClF2N4O3. The van der Waals surface area contributed by atoms with E-state index in [1.54, 1.807) is 6.92 Å². The van der Waals surface area contributed by atoms with E-state index < -0.39 is 22.9 Å². The van der Waals surface area contributed by atoms with Gasteiger partial charge in [-0.15, -0.1) is 0 Å². The first-order valence-corrected chi connectivity index (χ1v) is 8.25. The monoisotopic (exact) mass is 384 g/mol. The fourth-order valence-electron chi connectivity index (χ4n) is 2.71. The Morgan fingerprint density at radius 3 is 2.73 bits per heavy atom. The maximum atomic E-state index is 13.0. The minimum atomic E-state index is -2.82. The van der Waals surface area contributed by atoms with Crippen molar-refractivity contribution in [3.63, 3.8) is 0 Å². The molecule has 0 saturated heterocycles. The summed E-state index contributed by atoms with van der Waals surface area (Å²) in [6.45, 7) is 1.35. The number of nitro groups is 1. The molecule has 0 unspecified atom stereocenters. The molecule has 10 heteroatoms. The summed E-state index contributed by atoms with van der Waals surface area (Å²) >= 11 is 6.02. The van der Waals surface area contributed by atoms with E-state index in [-0.39, 0.29) is 23.2 Å². The van der Waals surface area contributed by atoms with Gasteiger partial charge in [0.2, 0.25) is 5.91 Å². The van der Waals surface area contributed by atoms with Crippen molar-refractivity contribution in [3.8, 4) is 0 Å². The maximum absolute atomic E-state index is 13.0. The van der Waals surface area contributed by atoms with Crippen LogP contribution in [-0.4, -0.2) is 20.6 Å². The average Bonchev–Trinajstić information content (AvgIpc) is 3.33. The van der Waals surface area contributed by atoms with E-state index in [2.05, 4.69) is 10.4 Å². The quantitative estimate of drug-likeness (QED) is 0.596. The highest BCUT2D eigenvalue weighted by Gasteiger charge is 2.34. The van der Waals surface area contributed by atoms with Crippen LogP contribution in [0, 0.1) is 17.0 Å². The van der Waals surface area contributed by atoms with Crippen molar-refractivity contribution >= 4 is 28.9 Å². The Kier molecular flexibility index (Phi) is 4.90. The SMILES string of the molecule is Cc1cc([N+](=O)[O-])ccc1NC(=O)Cn1nc(C(F)F)c(Cl)c1C1CC1. The minimum Gasteiger partial charge on any atom is -0.324 e. The average molecular weight is 385 g/mol. The predicted molar refractivity (Wildman–Crippen MR) is 90.6 cm³/mol. The Balaban J connectivity index is 1.78. The van der Waals surface area contributed by atoms with Crippen molar-refractivity contribution in [2.75, 3.05) is 5.32 Å². The van der Waals surface area contributed by atoms with Crippen LogP contribution in [-0.2, 0) is 11.3 Å². The Morgan fingerprint density at radius 1 is 1.50 bits per heavy atom. The van der Waals surface area contributed by atoms with Crippen molar-refractivity contribution < 1.29 is 18.5 Å². The lowest BCUT2D eigenvalue weighted by Gasteiger charge is -2.10. The van der Waals surface area contributed by atoms with Gasteiger partial charge in [0.1, 0.15) is 12.2 Å². The molecule has 0 bridgehead atoms. The fourth-order valence-corrected chi connectivity index (χ4v) is 3.08. The van der Waals surface area contributed by atoms with Gasteiger partial charge in [-0.1, -0.05) is 11.6 Å². The molecule has 0 spiro atoms. The molecule has 0 radical (unpaired) electrons. The molecule has 1 aromatic heterocycles. The molecular weight excluding hydrogens is 370 g/mol. The first-order valence-electron chi connectivity index (χ1n) is 7.87. The summed E-state index contributed by atoms with van der Waals surface area (Å²) in [6, 6.07) is 4.04. The molecule has 0 atom stereocenters. The minimum absolute atomic E-state index is 0.0383. The van der Waals surface area contributed by atoms with Gasteiger partial charge in [0, 0.05) is 23.7 Å². The molecule has 1 aliphatic rings. The number of halogens is 3. The largest absolute Gasteiger partial charge is 0.324 e. The highest BCUT2D eigenvalue weighted by Crippen LogP contribution is 2.45. The molecule has 0 aliphatic heterocycles. The van der Waals surface area contributed by atoms with Crippen LogP contribution >= 0.6 is 11.6 Å². The topological polar surface area (TPSA) is 90.1 Å². The molecule has 26 heavy (non-hydrogen) atoms. The zero-order valence-corrected chi connectivity index (χ0v) is 14.5. The van der Waals surface area contributed by atoms with Gasteiger partial charge >= 0.3 is 0 Å². The van der Waals surface area contributed by atoms with Gasteiger partial charge in [-0.3, -0.25) is 19.6 Å². The summed E-state index contributed by atoms with van der Waals surface area (Å²) in [5.41, 5.74) is 0.769. The van der Waals surface area contributed by atoms with Crippen molar-refractivity contribution in [3.05, 3.63) is 50.3 Å². The van der Waals surface area contributed by atoms with Crippen molar-refractivity contribution in [2.45, 2.75) is 38.7 Å². The first kappa shape index (κ1) is 18.2. The summed E-state index contributed by atoms with van der Waals surface area (Å²) in [5, 5.41) is 17.1. The molecule has 1 fully saturated rings. The summed E-state index contributed by atoms with van der Waals surface area (Å²) < 4.78 is 27.3. The fraction of sp³-hybridized carbons (Fsp3) is 0.375. The van der Waals surface area contributed by atoms with Crippen LogP contribution < -0.4 is 5.32 Å². The number of hydrogen-bond acceptors (Lipinski definition) is 4. The number of alkyl halides is 2. The molecule has 2 aromatic rings. The number of aromatic nitrogens is 2. The number of hydrogen-bond donors (Lipinski definition) is 1. The number of carbonyl (C=O) groups is 1. The zero-order valence-electron chi connectivity index (χ0n) is 13.7. The van der Waals surface area contributed by atoms with Crippen molar-refractivity contribution in [2.24, 2.45) is 0 Å². The molecule has 7 nitrogen and oxygen atoms in total. The number of anilines is 1. The van der Waals surface area contributed by atoms with E-state index in [0.29, 0.717) is 16.9 Å². The lowest BCUT2D eigenvalue weighted by Crippen LogP contribution is -2.21. The van der Waals surface area contributed by atoms with Crippen LogP contribution in [0.1, 0.15) is 42.1 Å². The van der Waals surface area contributed by atoms with E-state index in [0.717, 1.165) is 12.8 Å². The maximum Gasteiger partial charge on any atom is 0.283 e. The number of nitrogens with one attached hydrogen (secondary N) is 1. The Morgan fingerprint density at radius 2 is 2.19 bits per heavy atom. The Hall–Kier alpha value is -2.55. The Bertz CT molecular complexity index is 881. The van der Waals surface area contributed by atoms with Gasteiger partial charge < -0.3 is 5.32 Å². The van der Waals surface area contributed by atoms with Crippen LogP contribution in [0.3, 0.4) is 0 Å². The normalized spacial score (nSPS) is 13.9. The van der Waals surface area contributed by atoms with Crippen LogP contribution in [0.5, 0.6) is 0 Å². The number of amides is 1. The molecule has 1 aliphatic carbocycles.